The normalized spacial score (nSPS) is 31.3. The molecule has 2 aliphatic heterocycles. The summed E-state index contributed by atoms with van der Waals surface area (Å²) >= 11 is 0. The summed E-state index contributed by atoms with van der Waals surface area (Å²) in [5.74, 6) is -0.532. The monoisotopic (exact) mass is 257 g/mol. The van der Waals surface area contributed by atoms with Crippen molar-refractivity contribution in [2.75, 3.05) is 0 Å². The van der Waals surface area contributed by atoms with E-state index in [9.17, 15) is 9.90 Å². The number of fused-ring (bicyclic) bond motifs is 2. The first-order chi connectivity index (χ1) is 9.18. The van der Waals surface area contributed by atoms with Gasteiger partial charge in [-0.1, -0.05) is 42.5 Å². The molecule has 0 radical (unpaired) electrons. The van der Waals surface area contributed by atoms with E-state index < -0.39 is 5.97 Å². The van der Waals surface area contributed by atoms with Gasteiger partial charge in [0, 0.05) is 18.0 Å². The van der Waals surface area contributed by atoms with Gasteiger partial charge >= 0.3 is 5.97 Å². The highest BCUT2D eigenvalue weighted by Gasteiger charge is 2.44. The Morgan fingerprint density at radius 2 is 2.00 bits per heavy atom. The molecular weight excluding hydrogens is 238 g/mol. The largest absolute Gasteiger partial charge is 0.480 e. The minimum atomic E-state index is -0.693. The lowest BCUT2D eigenvalue weighted by molar-refractivity contribution is -0.149. The van der Waals surface area contributed by atoms with Crippen molar-refractivity contribution in [2.45, 2.75) is 37.9 Å². The Morgan fingerprint density at radius 1 is 1.26 bits per heavy atom. The number of carboxylic acids is 1. The number of piperidine rings is 1. The average Bonchev–Trinajstić information content (AvgIpc) is 2.47. The van der Waals surface area contributed by atoms with Crippen molar-refractivity contribution < 1.29 is 9.90 Å². The zero-order chi connectivity index (χ0) is 13.4. The van der Waals surface area contributed by atoms with Crippen molar-refractivity contribution in [3.63, 3.8) is 0 Å². The number of benzene rings is 1. The van der Waals surface area contributed by atoms with E-state index in [0.29, 0.717) is 0 Å². The molecule has 100 valence electrons. The van der Waals surface area contributed by atoms with Crippen LogP contribution < -0.4 is 0 Å². The number of carboxylic acid groups (broad SMARTS) is 1. The van der Waals surface area contributed by atoms with Crippen molar-refractivity contribution in [2.24, 2.45) is 5.92 Å². The summed E-state index contributed by atoms with van der Waals surface area (Å²) in [5.41, 5.74) is 1.19. The standard InChI is InChI=1S/C16H19NO2/c1-11(12-5-3-2-4-6-12)17-14-9-7-13(8-10-14)15(17)16(18)19/h2-7,9,11,13-15H,8,10H2,1H3,(H,18,19)/t11-,13+,14-,15+/m0/s1. The molecule has 0 amide bonds. The van der Waals surface area contributed by atoms with Gasteiger partial charge in [-0.2, -0.15) is 0 Å². The Morgan fingerprint density at radius 3 is 2.58 bits per heavy atom. The first kappa shape index (κ1) is 12.4. The van der Waals surface area contributed by atoms with Gasteiger partial charge in [-0.25, -0.2) is 0 Å². The van der Waals surface area contributed by atoms with E-state index in [-0.39, 0.29) is 24.0 Å². The van der Waals surface area contributed by atoms with Crippen LogP contribution in [-0.2, 0) is 4.79 Å². The second-order valence-corrected chi connectivity index (χ2v) is 5.51. The Balaban J connectivity index is 1.94. The van der Waals surface area contributed by atoms with Crippen molar-refractivity contribution in [1.29, 1.82) is 0 Å². The first-order valence-electron chi connectivity index (χ1n) is 6.92. The highest BCUT2D eigenvalue weighted by Crippen LogP contribution is 2.40. The highest BCUT2D eigenvalue weighted by molar-refractivity contribution is 5.75. The maximum atomic E-state index is 11.6. The van der Waals surface area contributed by atoms with Crippen LogP contribution in [0.25, 0.3) is 0 Å². The maximum Gasteiger partial charge on any atom is 0.321 e. The van der Waals surface area contributed by atoms with Gasteiger partial charge in [0.15, 0.2) is 0 Å². The minimum Gasteiger partial charge on any atom is -0.480 e. The fraction of sp³-hybridized carbons (Fsp3) is 0.438. The quantitative estimate of drug-likeness (QED) is 0.846. The van der Waals surface area contributed by atoms with E-state index in [4.69, 9.17) is 0 Å². The zero-order valence-corrected chi connectivity index (χ0v) is 11.1. The smallest absolute Gasteiger partial charge is 0.321 e. The Kier molecular flexibility index (Phi) is 3.15. The SMILES string of the molecule is C[C@@H](c1ccccc1)N1[C@H]2C=C[C@H](CC2)[C@@H]1C(=O)O. The number of rotatable bonds is 3. The third-order valence-corrected chi connectivity index (χ3v) is 4.47. The average molecular weight is 257 g/mol. The molecule has 19 heavy (non-hydrogen) atoms. The van der Waals surface area contributed by atoms with Gasteiger partial charge in [0.25, 0.3) is 0 Å². The van der Waals surface area contributed by atoms with Gasteiger partial charge in [-0.05, 0) is 25.3 Å². The Bertz CT molecular complexity index is 497. The van der Waals surface area contributed by atoms with Crippen molar-refractivity contribution in [3.8, 4) is 0 Å². The van der Waals surface area contributed by atoms with Gasteiger partial charge in [0.05, 0.1) is 0 Å². The lowest BCUT2D eigenvalue weighted by Crippen LogP contribution is -2.56. The molecule has 3 heteroatoms. The van der Waals surface area contributed by atoms with E-state index in [1.54, 1.807) is 0 Å². The van der Waals surface area contributed by atoms with E-state index in [1.165, 1.54) is 5.56 Å². The fourth-order valence-electron chi connectivity index (χ4n) is 3.51. The van der Waals surface area contributed by atoms with Gasteiger partial charge in [0.1, 0.15) is 6.04 Å². The number of aliphatic carboxylic acids is 1. The minimum absolute atomic E-state index is 0.139. The van der Waals surface area contributed by atoms with Crippen molar-refractivity contribution in [3.05, 3.63) is 48.0 Å². The molecule has 0 aromatic heterocycles. The second-order valence-electron chi connectivity index (χ2n) is 5.51. The number of nitrogens with zero attached hydrogens (tertiary/aromatic N) is 1. The third kappa shape index (κ3) is 2.08. The summed E-state index contributed by atoms with van der Waals surface area (Å²) in [5, 5.41) is 9.55. The van der Waals surface area contributed by atoms with Crippen LogP contribution in [0.2, 0.25) is 0 Å². The van der Waals surface area contributed by atoms with Gasteiger partial charge in [-0.3, -0.25) is 9.69 Å². The van der Waals surface area contributed by atoms with Crippen LogP contribution >= 0.6 is 0 Å². The summed E-state index contributed by atoms with van der Waals surface area (Å²) in [6, 6.07) is 10.2. The molecule has 1 N–H and O–H groups in total. The van der Waals surface area contributed by atoms with Crippen molar-refractivity contribution >= 4 is 5.97 Å². The van der Waals surface area contributed by atoms with Crippen LogP contribution in [-0.4, -0.2) is 28.1 Å². The van der Waals surface area contributed by atoms with Crippen LogP contribution in [0, 0.1) is 5.92 Å². The topological polar surface area (TPSA) is 40.5 Å². The lowest BCUT2D eigenvalue weighted by atomic mass is 9.78. The highest BCUT2D eigenvalue weighted by atomic mass is 16.4. The second kappa shape index (κ2) is 4.82. The summed E-state index contributed by atoms with van der Waals surface area (Å²) in [7, 11) is 0. The maximum absolute atomic E-state index is 11.6. The lowest BCUT2D eigenvalue weighted by Gasteiger charge is -2.49. The molecule has 0 saturated carbocycles. The van der Waals surface area contributed by atoms with Crippen LogP contribution in [0.15, 0.2) is 42.5 Å². The fourth-order valence-corrected chi connectivity index (χ4v) is 3.51. The predicted octanol–water partition coefficient (Wildman–Crippen LogP) is 2.85. The summed E-state index contributed by atoms with van der Waals surface area (Å²) in [4.78, 5) is 13.8. The molecule has 2 bridgehead atoms. The Hall–Kier alpha value is -1.61. The van der Waals surface area contributed by atoms with Gasteiger partial charge in [0.2, 0.25) is 0 Å². The van der Waals surface area contributed by atoms with E-state index in [0.717, 1.165) is 12.8 Å². The molecule has 0 unspecified atom stereocenters. The molecule has 1 saturated heterocycles. The van der Waals surface area contributed by atoms with Crippen molar-refractivity contribution in [1.82, 2.24) is 4.90 Å². The summed E-state index contributed by atoms with van der Waals surface area (Å²) < 4.78 is 0. The van der Waals surface area contributed by atoms with E-state index >= 15 is 0 Å². The molecular formula is C16H19NO2. The molecule has 2 heterocycles. The molecule has 3 nitrogen and oxygen atoms in total. The van der Waals surface area contributed by atoms with Gasteiger partial charge in [-0.15, -0.1) is 0 Å². The van der Waals surface area contributed by atoms with E-state index in [2.05, 4.69) is 36.1 Å². The molecule has 1 fully saturated rings. The molecule has 4 rings (SSSR count). The predicted molar refractivity (Wildman–Crippen MR) is 73.8 cm³/mol. The van der Waals surface area contributed by atoms with Crippen LogP contribution in [0.1, 0.15) is 31.4 Å². The summed E-state index contributed by atoms with van der Waals surface area (Å²) in [6.45, 7) is 2.11. The number of carbonyl (C=O) groups is 1. The number of hydrogen-bond donors (Lipinski definition) is 1. The van der Waals surface area contributed by atoms with Crippen LogP contribution in [0.5, 0.6) is 0 Å². The van der Waals surface area contributed by atoms with E-state index in [1.807, 2.05) is 18.2 Å². The van der Waals surface area contributed by atoms with Crippen LogP contribution in [0.3, 0.4) is 0 Å². The molecule has 4 atom stereocenters. The van der Waals surface area contributed by atoms with Gasteiger partial charge < -0.3 is 5.11 Å². The third-order valence-electron chi connectivity index (χ3n) is 4.47. The first-order valence-corrected chi connectivity index (χ1v) is 6.92. The molecule has 1 aliphatic carbocycles. The molecule has 0 spiro atoms. The summed E-state index contributed by atoms with van der Waals surface area (Å²) in [6.07, 6.45) is 6.35. The Labute approximate surface area is 113 Å². The molecule has 3 aliphatic rings. The number of hydrogen-bond acceptors (Lipinski definition) is 2. The van der Waals surface area contributed by atoms with Crippen LogP contribution in [0.4, 0.5) is 0 Å². The molecule has 1 aromatic rings. The zero-order valence-electron chi connectivity index (χ0n) is 11.1. The molecule has 1 aromatic carbocycles.